The summed E-state index contributed by atoms with van der Waals surface area (Å²) in [6.07, 6.45) is 2.74. The average molecular weight is 293 g/mol. The molecule has 1 unspecified atom stereocenters. The van der Waals surface area contributed by atoms with Gasteiger partial charge in [0, 0.05) is 16.9 Å². The van der Waals surface area contributed by atoms with Crippen molar-refractivity contribution in [2.24, 2.45) is 0 Å². The molecule has 1 N–H and O–H groups in total. The maximum absolute atomic E-state index is 13.5. The lowest BCUT2D eigenvalue weighted by Crippen LogP contribution is -2.24. The van der Waals surface area contributed by atoms with Gasteiger partial charge in [0.15, 0.2) is 0 Å². The third-order valence-electron chi connectivity index (χ3n) is 3.23. The molecule has 0 bridgehead atoms. The van der Waals surface area contributed by atoms with Crippen molar-refractivity contribution in [3.8, 4) is 0 Å². The Bertz CT molecular complexity index is 586. The van der Waals surface area contributed by atoms with Crippen LogP contribution in [-0.2, 0) is 0 Å². The highest BCUT2D eigenvalue weighted by Crippen LogP contribution is 2.30. The van der Waals surface area contributed by atoms with Gasteiger partial charge in [0.05, 0.1) is 6.04 Å². The highest BCUT2D eigenvalue weighted by molar-refractivity contribution is 6.31. The van der Waals surface area contributed by atoms with Crippen LogP contribution in [0.3, 0.4) is 0 Å². The van der Waals surface area contributed by atoms with Crippen LogP contribution >= 0.6 is 11.6 Å². The van der Waals surface area contributed by atoms with Crippen LogP contribution in [-0.4, -0.2) is 11.5 Å². The molecule has 4 heteroatoms. The smallest absolute Gasteiger partial charge is 0.123 e. The lowest BCUT2D eigenvalue weighted by Gasteiger charge is -2.22. The first-order valence-corrected chi connectivity index (χ1v) is 7.11. The molecule has 0 radical (unpaired) electrons. The van der Waals surface area contributed by atoms with Crippen LogP contribution in [0.25, 0.3) is 0 Å². The van der Waals surface area contributed by atoms with Gasteiger partial charge in [-0.05, 0) is 55.3 Å². The van der Waals surface area contributed by atoms with Gasteiger partial charge in [-0.2, -0.15) is 0 Å². The largest absolute Gasteiger partial charge is 0.306 e. The summed E-state index contributed by atoms with van der Waals surface area (Å²) in [6, 6.07) is 8.19. The molecule has 0 spiro atoms. The van der Waals surface area contributed by atoms with Gasteiger partial charge in [-0.1, -0.05) is 24.6 Å². The minimum Gasteiger partial charge on any atom is -0.306 e. The number of aryl methyl sites for hydroxylation is 1. The van der Waals surface area contributed by atoms with E-state index in [0.717, 1.165) is 29.8 Å². The van der Waals surface area contributed by atoms with Crippen molar-refractivity contribution in [3.05, 3.63) is 64.2 Å². The van der Waals surface area contributed by atoms with Gasteiger partial charge in [-0.15, -0.1) is 0 Å². The first-order chi connectivity index (χ1) is 9.63. The molecule has 0 amide bonds. The number of hydrogen-bond donors (Lipinski definition) is 1. The molecule has 106 valence electrons. The average Bonchev–Trinajstić information content (AvgIpc) is 2.44. The summed E-state index contributed by atoms with van der Waals surface area (Å²) in [5.74, 6) is -0.283. The van der Waals surface area contributed by atoms with Crippen molar-refractivity contribution in [2.75, 3.05) is 6.54 Å². The summed E-state index contributed by atoms with van der Waals surface area (Å²) >= 11 is 6.25. The topological polar surface area (TPSA) is 24.9 Å². The number of pyridine rings is 1. The van der Waals surface area contributed by atoms with Gasteiger partial charge in [-0.3, -0.25) is 4.98 Å². The Kier molecular flexibility index (Phi) is 5.10. The fourth-order valence-corrected chi connectivity index (χ4v) is 2.44. The highest BCUT2D eigenvalue weighted by atomic mass is 35.5. The van der Waals surface area contributed by atoms with Crippen molar-refractivity contribution in [2.45, 2.75) is 26.3 Å². The third-order valence-corrected chi connectivity index (χ3v) is 3.57. The Morgan fingerprint density at radius 2 is 2.10 bits per heavy atom. The zero-order chi connectivity index (χ0) is 14.5. The molecule has 0 saturated heterocycles. The van der Waals surface area contributed by atoms with Gasteiger partial charge in [0.25, 0.3) is 0 Å². The van der Waals surface area contributed by atoms with Crippen LogP contribution in [0.1, 0.15) is 36.2 Å². The number of aromatic nitrogens is 1. The van der Waals surface area contributed by atoms with E-state index >= 15 is 0 Å². The fourth-order valence-electron chi connectivity index (χ4n) is 2.21. The summed E-state index contributed by atoms with van der Waals surface area (Å²) in [4.78, 5) is 4.31. The van der Waals surface area contributed by atoms with E-state index in [4.69, 9.17) is 11.6 Å². The predicted molar refractivity (Wildman–Crippen MR) is 80.5 cm³/mol. The fraction of sp³-hybridized carbons (Fsp3) is 0.312. The molecule has 1 aromatic heterocycles. The van der Waals surface area contributed by atoms with Gasteiger partial charge < -0.3 is 5.32 Å². The van der Waals surface area contributed by atoms with Crippen LogP contribution in [0.15, 0.2) is 36.5 Å². The number of hydrogen-bond acceptors (Lipinski definition) is 2. The quantitative estimate of drug-likeness (QED) is 0.890. The number of rotatable bonds is 5. The zero-order valence-electron chi connectivity index (χ0n) is 11.7. The van der Waals surface area contributed by atoms with E-state index < -0.39 is 0 Å². The maximum Gasteiger partial charge on any atom is 0.123 e. The normalized spacial score (nSPS) is 12.4. The number of nitrogens with one attached hydrogen (secondary N) is 1. The predicted octanol–water partition coefficient (Wildman–Crippen LogP) is 4.27. The SMILES string of the molecule is CCCNC(c1cc(F)ccc1Cl)c1cccnc1C. The van der Waals surface area contributed by atoms with Crippen LogP contribution < -0.4 is 5.32 Å². The molecule has 20 heavy (non-hydrogen) atoms. The molecule has 2 aromatic rings. The molecule has 0 fully saturated rings. The van der Waals surface area contributed by atoms with E-state index in [-0.39, 0.29) is 11.9 Å². The number of halogens is 2. The summed E-state index contributed by atoms with van der Waals surface area (Å²) < 4.78 is 13.5. The molecule has 1 atom stereocenters. The van der Waals surface area contributed by atoms with Gasteiger partial charge >= 0.3 is 0 Å². The summed E-state index contributed by atoms with van der Waals surface area (Å²) in [5, 5.41) is 3.98. The zero-order valence-corrected chi connectivity index (χ0v) is 12.4. The van der Waals surface area contributed by atoms with Gasteiger partial charge in [0.1, 0.15) is 5.82 Å². The van der Waals surface area contributed by atoms with Crippen LogP contribution in [0.2, 0.25) is 5.02 Å². The minimum atomic E-state index is -0.283. The Labute approximate surface area is 124 Å². The van der Waals surface area contributed by atoms with E-state index in [9.17, 15) is 4.39 Å². The number of benzene rings is 1. The van der Waals surface area contributed by atoms with E-state index in [1.807, 2.05) is 19.1 Å². The highest BCUT2D eigenvalue weighted by Gasteiger charge is 2.19. The number of nitrogens with zero attached hydrogens (tertiary/aromatic N) is 1. The molecule has 0 aliphatic rings. The molecule has 0 aliphatic carbocycles. The van der Waals surface area contributed by atoms with Gasteiger partial charge in [0.2, 0.25) is 0 Å². The summed E-state index contributed by atoms with van der Waals surface area (Å²) in [6.45, 7) is 4.86. The second kappa shape index (κ2) is 6.82. The second-order valence-electron chi connectivity index (χ2n) is 4.73. The van der Waals surface area contributed by atoms with Crippen molar-refractivity contribution in [1.29, 1.82) is 0 Å². The third kappa shape index (κ3) is 3.35. The Hall–Kier alpha value is -1.45. The molecular weight excluding hydrogens is 275 g/mol. The van der Waals surface area contributed by atoms with Crippen molar-refractivity contribution < 1.29 is 4.39 Å². The van der Waals surface area contributed by atoms with Gasteiger partial charge in [-0.25, -0.2) is 4.39 Å². The van der Waals surface area contributed by atoms with Crippen molar-refractivity contribution in [3.63, 3.8) is 0 Å². The molecule has 2 nitrogen and oxygen atoms in total. The van der Waals surface area contributed by atoms with Crippen LogP contribution in [0.5, 0.6) is 0 Å². The molecule has 0 aliphatic heterocycles. The first-order valence-electron chi connectivity index (χ1n) is 6.73. The van der Waals surface area contributed by atoms with E-state index in [1.54, 1.807) is 12.3 Å². The summed E-state index contributed by atoms with van der Waals surface area (Å²) in [7, 11) is 0. The lowest BCUT2D eigenvalue weighted by molar-refractivity contribution is 0.582. The molecule has 2 rings (SSSR count). The Morgan fingerprint density at radius 3 is 2.80 bits per heavy atom. The van der Waals surface area contributed by atoms with E-state index in [1.165, 1.54) is 12.1 Å². The monoisotopic (exact) mass is 292 g/mol. The molecule has 1 aromatic carbocycles. The Balaban J connectivity index is 2.47. The van der Waals surface area contributed by atoms with E-state index in [2.05, 4.69) is 17.2 Å². The van der Waals surface area contributed by atoms with Crippen molar-refractivity contribution in [1.82, 2.24) is 10.3 Å². The maximum atomic E-state index is 13.5. The van der Waals surface area contributed by atoms with Crippen LogP contribution in [0.4, 0.5) is 4.39 Å². The van der Waals surface area contributed by atoms with Crippen molar-refractivity contribution >= 4 is 11.6 Å². The minimum absolute atomic E-state index is 0.146. The van der Waals surface area contributed by atoms with Crippen LogP contribution in [0, 0.1) is 12.7 Å². The first kappa shape index (κ1) is 14.9. The summed E-state index contributed by atoms with van der Waals surface area (Å²) in [5.41, 5.74) is 2.69. The lowest BCUT2D eigenvalue weighted by atomic mass is 9.97. The molecule has 0 saturated carbocycles. The van der Waals surface area contributed by atoms with E-state index in [0.29, 0.717) is 5.02 Å². The standard InChI is InChI=1S/C16H18ClFN2/c1-3-8-20-16(13-5-4-9-19-11(13)2)14-10-12(18)6-7-15(14)17/h4-7,9-10,16,20H,3,8H2,1-2H3. The molecular formula is C16H18ClFN2. The second-order valence-corrected chi connectivity index (χ2v) is 5.14. The molecule has 1 heterocycles. The Morgan fingerprint density at radius 1 is 1.30 bits per heavy atom.